The molecule has 1 aliphatic carbocycles. The molecular formula is C23H40IN5O. The Kier molecular flexibility index (Phi) is 10.7. The molecule has 2 fully saturated rings. The number of halogens is 1. The smallest absolute Gasteiger partial charge is 0.191 e. The van der Waals surface area contributed by atoms with E-state index in [0.717, 1.165) is 30.8 Å². The maximum atomic E-state index is 5.41. The number of nitrogens with one attached hydrogen (secondary N) is 2. The van der Waals surface area contributed by atoms with Crippen LogP contribution in [0.5, 0.6) is 5.75 Å². The van der Waals surface area contributed by atoms with Crippen LogP contribution in [0.1, 0.15) is 50.6 Å². The average molecular weight is 530 g/mol. The number of benzene rings is 1. The number of aliphatic imine (C=N–C) groups is 1. The summed E-state index contributed by atoms with van der Waals surface area (Å²) < 4.78 is 5.41. The van der Waals surface area contributed by atoms with Crippen molar-refractivity contribution < 1.29 is 4.74 Å². The van der Waals surface area contributed by atoms with Gasteiger partial charge < -0.3 is 20.3 Å². The van der Waals surface area contributed by atoms with Crippen molar-refractivity contribution in [1.82, 2.24) is 20.4 Å². The van der Waals surface area contributed by atoms with Gasteiger partial charge in [0.25, 0.3) is 0 Å². The molecule has 0 bridgehead atoms. The maximum absolute atomic E-state index is 5.41. The first-order valence-electron chi connectivity index (χ1n) is 11.2. The molecule has 2 N–H and O–H groups in total. The van der Waals surface area contributed by atoms with Crippen LogP contribution < -0.4 is 15.4 Å². The Morgan fingerprint density at radius 3 is 2.70 bits per heavy atom. The molecule has 7 heteroatoms. The van der Waals surface area contributed by atoms with Gasteiger partial charge >= 0.3 is 0 Å². The van der Waals surface area contributed by atoms with E-state index in [1.807, 2.05) is 12.1 Å². The topological polar surface area (TPSA) is 52.1 Å². The molecule has 0 spiro atoms. The summed E-state index contributed by atoms with van der Waals surface area (Å²) in [6, 6.07) is 9.81. The molecular weight excluding hydrogens is 489 g/mol. The van der Waals surface area contributed by atoms with E-state index < -0.39 is 0 Å². The second-order valence-corrected chi connectivity index (χ2v) is 8.54. The lowest BCUT2D eigenvalue weighted by Gasteiger charge is -2.25. The fraction of sp³-hybridized carbons (Fsp3) is 0.696. The van der Waals surface area contributed by atoms with E-state index in [-0.39, 0.29) is 30.0 Å². The summed E-state index contributed by atoms with van der Waals surface area (Å²) in [6.07, 6.45) is 6.77. The summed E-state index contributed by atoms with van der Waals surface area (Å²) in [4.78, 5) is 9.86. The predicted molar refractivity (Wildman–Crippen MR) is 136 cm³/mol. The highest BCUT2D eigenvalue weighted by atomic mass is 127. The van der Waals surface area contributed by atoms with E-state index in [9.17, 15) is 0 Å². The molecule has 3 rings (SSSR count). The first-order chi connectivity index (χ1) is 14.1. The minimum atomic E-state index is 0. The van der Waals surface area contributed by atoms with Crippen molar-refractivity contribution in [2.45, 2.75) is 57.2 Å². The molecule has 170 valence electrons. The number of likely N-dealkylation sites (N-methyl/N-ethyl adjacent to an activating group) is 1. The summed E-state index contributed by atoms with van der Waals surface area (Å²) in [5.41, 5.74) is 1.22. The number of likely N-dealkylation sites (tertiary alicyclic amines) is 1. The van der Waals surface area contributed by atoms with Crippen molar-refractivity contribution >= 4 is 29.9 Å². The fourth-order valence-electron chi connectivity index (χ4n) is 4.61. The quantitative estimate of drug-likeness (QED) is 0.307. The molecule has 1 aromatic carbocycles. The van der Waals surface area contributed by atoms with Gasteiger partial charge in [-0.05, 0) is 58.0 Å². The van der Waals surface area contributed by atoms with Crippen LogP contribution in [0.2, 0.25) is 0 Å². The SMILES string of the molecule is CCNC(=NCC(c1cccc(OC)c1)N(C)C)NC1CCN(C2CCCC2)C1.I. The van der Waals surface area contributed by atoms with Crippen LogP contribution in [0.15, 0.2) is 29.3 Å². The molecule has 2 aliphatic rings. The minimum Gasteiger partial charge on any atom is -0.497 e. The lowest BCUT2D eigenvalue weighted by Crippen LogP contribution is -2.45. The van der Waals surface area contributed by atoms with Gasteiger partial charge in [0.15, 0.2) is 5.96 Å². The average Bonchev–Trinajstić information content (AvgIpc) is 3.40. The Balaban J connectivity index is 0.00000320. The van der Waals surface area contributed by atoms with Gasteiger partial charge in [-0.15, -0.1) is 24.0 Å². The molecule has 0 radical (unpaired) electrons. The van der Waals surface area contributed by atoms with Crippen LogP contribution in [0.3, 0.4) is 0 Å². The molecule has 6 nitrogen and oxygen atoms in total. The lowest BCUT2D eigenvalue weighted by molar-refractivity contribution is 0.242. The van der Waals surface area contributed by atoms with E-state index in [1.54, 1.807) is 7.11 Å². The van der Waals surface area contributed by atoms with Crippen LogP contribution in [-0.4, -0.2) is 75.2 Å². The normalized spacial score (nSPS) is 21.5. The molecule has 1 heterocycles. The third-order valence-corrected chi connectivity index (χ3v) is 6.27. The lowest BCUT2D eigenvalue weighted by atomic mass is 10.1. The first-order valence-corrected chi connectivity index (χ1v) is 11.2. The van der Waals surface area contributed by atoms with Crippen molar-refractivity contribution in [3.63, 3.8) is 0 Å². The highest BCUT2D eigenvalue weighted by Gasteiger charge is 2.30. The van der Waals surface area contributed by atoms with Crippen LogP contribution in [0.4, 0.5) is 0 Å². The Hall–Kier alpha value is -1.06. The number of guanidine groups is 1. The minimum absolute atomic E-state index is 0. The zero-order valence-corrected chi connectivity index (χ0v) is 21.4. The molecule has 30 heavy (non-hydrogen) atoms. The Bertz CT molecular complexity index is 663. The van der Waals surface area contributed by atoms with Gasteiger partial charge in [0.2, 0.25) is 0 Å². The molecule has 2 atom stereocenters. The highest BCUT2D eigenvalue weighted by molar-refractivity contribution is 14.0. The highest BCUT2D eigenvalue weighted by Crippen LogP contribution is 2.26. The Labute approximate surface area is 199 Å². The molecule has 1 aliphatic heterocycles. The van der Waals surface area contributed by atoms with Gasteiger partial charge in [0.05, 0.1) is 19.7 Å². The van der Waals surface area contributed by atoms with E-state index >= 15 is 0 Å². The number of rotatable bonds is 8. The van der Waals surface area contributed by atoms with E-state index in [0.29, 0.717) is 12.6 Å². The van der Waals surface area contributed by atoms with Gasteiger partial charge in [-0.3, -0.25) is 9.89 Å². The zero-order chi connectivity index (χ0) is 20.6. The second-order valence-electron chi connectivity index (χ2n) is 8.54. The molecule has 0 amide bonds. The summed E-state index contributed by atoms with van der Waals surface area (Å²) in [7, 11) is 5.93. The van der Waals surface area contributed by atoms with Gasteiger partial charge in [-0.2, -0.15) is 0 Å². The van der Waals surface area contributed by atoms with Crippen LogP contribution in [0.25, 0.3) is 0 Å². The number of nitrogens with zero attached hydrogens (tertiary/aromatic N) is 3. The molecule has 1 saturated heterocycles. The van der Waals surface area contributed by atoms with Crippen molar-refractivity contribution in [1.29, 1.82) is 0 Å². The fourth-order valence-corrected chi connectivity index (χ4v) is 4.61. The maximum Gasteiger partial charge on any atom is 0.191 e. The zero-order valence-electron chi connectivity index (χ0n) is 19.1. The standard InChI is InChI=1S/C23H39N5O.HI/c1-5-24-23(26-19-13-14-28(17-19)20-10-6-7-11-20)25-16-22(27(2)3)18-9-8-12-21(15-18)29-4;/h8-9,12,15,19-20,22H,5-7,10-11,13-14,16-17H2,1-4H3,(H2,24,25,26);1H. The second kappa shape index (κ2) is 12.7. The Morgan fingerprint density at radius 2 is 2.03 bits per heavy atom. The van der Waals surface area contributed by atoms with E-state index in [2.05, 4.69) is 53.6 Å². The predicted octanol–water partition coefficient (Wildman–Crippen LogP) is 3.49. The molecule has 1 aromatic rings. The van der Waals surface area contributed by atoms with Crippen LogP contribution in [0, 0.1) is 0 Å². The largest absolute Gasteiger partial charge is 0.497 e. The van der Waals surface area contributed by atoms with Gasteiger partial charge in [-0.1, -0.05) is 25.0 Å². The van der Waals surface area contributed by atoms with Crippen molar-refractivity contribution in [2.24, 2.45) is 4.99 Å². The van der Waals surface area contributed by atoms with Crippen molar-refractivity contribution in [3.05, 3.63) is 29.8 Å². The number of hydrogen-bond acceptors (Lipinski definition) is 4. The van der Waals surface area contributed by atoms with Crippen LogP contribution >= 0.6 is 24.0 Å². The van der Waals surface area contributed by atoms with Gasteiger partial charge in [0.1, 0.15) is 5.75 Å². The monoisotopic (exact) mass is 529 g/mol. The summed E-state index contributed by atoms with van der Waals surface area (Å²) in [5.74, 6) is 1.82. The molecule has 1 saturated carbocycles. The molecule has 0 aromatic heterocycles. The third-order valence-electron chi connectivity index (χ3n) is 6.27. The first kappa shape index (κ1) is 25.2. The Morgan fingerprint density at radius 1 is 1.27 bits per heavy atom. The van der Waals surface area contributed by atoms with E-state index in [1.165, 1.54) is 44.2 Å². The van der Waals surface area contributed by atoms with Gasteiger partial charge in [0, 0.05) is 31.7 Å². The number of methoxy groups -OCH3 is 1. The van der Waals surface area contributed by atoms with E-state index in [4.69, 9.17) is 9.73 Å². The van der Waals surface area contributed by atoms with Crippen LogP contribution in [-0.2, 0) is 0 Å². The van der Waals surface area contributed by atoms with Crippen molar-refractivity contribution in [3.8, 4) is 5.75 Å². The summed E-state index contributed by atoms with van der Waals surface area (Å²) in [6.45, 7) is 6.06. The summed E-state index contributed by atoms with van der Waals surface area (Å²) in [5, 5.41) is 7.13. The summed E-state index contributed by atoms with van der Waals surface area (Å²) >= 11 is 0. The molecule has 2 unspecified atom stereocenters. The number of hydrogen-bond donors (Lipinski definition) is 2. The third kappa shape index (κ3) is 6.99. The number of ether oxygens (including phenoxy) is 1. The van der Waals surface area contributed by atoms with Gasteiger partial charge in [-0.25, -0.2) is 0 Å². The van der Waals surface area contributed by atoms with Crippen molar-refractivity contribution in [2.75, 3.05) is 47.4 Å².